The Morgan fingerprint density at radius 1 is 1.30 bits per heavy atom. The molecular weight excluding hydrogens is 268 g/mol. The fourth-order valence-electron chi connectivity index (χ4n) is 3.69. The average Bonchev–Trinajstić information content (AvgIpc) is 2.74. The summed E-state index contributed by atoms with van der Waals surface area (Å²) in [5.74, 6) is 0. The van der Waals surface area contributed by atoms with E-state index in [1.807, 2.05) is 12.1 Å². The third-order valence-electron chi connectivity index (χ3n) is 5.14. The highest BCUT2D eigenvalue weighted by Crippen LogP contribution is 2.48. The van der Waals surface area contributed by atoms with Crippen LogP contribution >= 0.6 is 11.6 Å². The van der Waals surface area contributed by atoms with Gasteiger partial charge in [0.1, 0.15) is 0 Å². The van der Waals surface area contributed by atoms with Crippen molar-refractivity contribution in [3.8, 4) is 0 Å². The zero-order valence-corrected chi connectivity index (χ0v) is 13.9. The molecule has 0 aromatic heterocycles. The molecule has 1 saturated carbocycles. The Kier molecular flexibility index (Phi) is 4.48. The summed E-state index contributed by atoms with van der Waals surface area (Å²) < 4.78 is 0. The molecule has 0 spiro atoms. The largest absolute Gasteiger partial charge is 0.329 e. The minimum absolute atomic E-state index is 0.0993. The van der Waals surface area contributed by atoms with Crippen LogP contribution < -0.4 is 5.73 Å². The van der Waals surface area contributed by atoms with Crippen LogP contribution in [0.15, 0.2) is 24.3 Å². The molecule has 20 heavy (non-hydrogen) atoms. The van der Waals surface area contributed by atoms with Crippen LogP contribution in [0.3, 0.4) is 0 Å². The Morgan fingerprint density at radius 2 is 1.95 bits per heavy atom. The number of rotatable bonds is 4. The molecule has 2 unspecified atom stereocenters. The van der Waals surface area contributed by atoms with Crippen LogP contribution in [0, 0.1) is 5.41 Å². The van der Waals surface area contributed by atoms with Gasteiger partial charge in [0, 0.05) is 23.1 Å². The van der Waals surface area contributed by atoms with E-state index in [0.717, 1.165) is 11.4 Å². The molecule has 1 aromatic carbocycles. The summed E-state index contributed by atoms with van der Waals surface area (Å²) in [4.78, 5) is 2.45. The third kappa shape index (κ3) is 2.88. The van der Waals surface area contributed by atoms with Gasteiger partial charge in [-0.2, -0.15) is 0 Å². The third-order valence-corrected chi connectivity index (χ3v) is 5.48. The van der Waals surface area contributed by atoms with Crippen molar-refractivity contribution < 1.29 is 0 Å². The zero-order chi connectivity index (χ0) is 15.0. The molecule has 0 heterocycles. The van der Waals surface area contributed by atoms with Gasteiger partial charge in [-0.15, -0.1) is 0 Å². The van der Waals surface area contributed by atoms with Gasteiger partial charge in [0.25, 0.3) is 0 Å². The van der Waals surface area contributed by atoms with Gasteiger partial charge in [-0.1, -0.05) is 43.6 Å². The van der Waals surface area contributed by atoms with E-state index >= 15 is 0 Å². The second-order valence-electron chi connectivity index (χ2n) is 7.08. The molecule has 1 aliphatic carbocycles. The van der Waals surface area contributed by atoms with Crippen LogP contribution in [0.5, 0.6) is 0 Å². The van der Waals surface area contributed by atoms with Gasteiger partial charge in [-0.3, -0.25) is 4.90 Å². The molecule has 0 saturated heterocycles. The maximum atomic E-state index is 6.36. The molecule has 1 aliphatic rings. The predicted octanol–water partition coefficient (Wildman–Crippen LogP) is 4.24. The van der Waals surface area contributed by atoms with E-state index in [2.05, 4.69) is 44.9 Å². The highest BCUT2D eigenvalue weighted by Gasteiger charge is 2.46. The van der Waals surface area contributed by atoms with Gasteiger partial charge in [-0.25, -0.2) is 0 Å². The van der Waals surface area contributed by atoms with E-state index in [-0.39, 0.29) is 11.6 Å². The second-order valence-corrected chi connectivity index (χ2v) is 7.49. The van der Waals surface area contributed by atoms with Crippen molar-refractivity contribution in [2.75, 3.05) is 13.6 Å². The normalized spacial score (nSPS) is 26.9. The smallest absolute Gasteiger partial charge is 0.0453 e. The van der Waals surface area contributed by atoms with Crippen molar-refractivity contribution in [1.29, 1.82) is 0 Å². The van der Waals surface area contributed by atoms with Crippen molar-refractivity contribution in [3.63, 3.8) is 0 Å². The Morgan fingerprint density at radius 3 is 2.45 bits per heavy atom. The summed E-state index contributed by atoms with van der Waals surface area (Å²) in [5.41, 5.74) is 7.84. The van der Waals surface area contributed by atoms with E-state index in [1.54, 1.807) is 0 Å². The first-order valence-electron chi connectivity index (χ1n) is 7.49. The van der Waals surface area contributed by atoms with Crippen LogP contribution in [0.2, 0.25) is 5.02 Å². The molecule has 2 N–H and O–H groups in total. The van der Waals surface area contributed by atoms with Crippen molar-refractivity contribution in [2.45, 2.75) is 51.6 Å². The summed E-state index contributed by atoms with van der Waals surface area (Å²) in [7, 11) is 2.20. The van der Waals surface area contributed by atoms with Crippen LogP contribution in [0.25, 0.3) is 0 Å². The Labute approximate surface area is 128 Å². The zero-order valence-electron chi connectivity index (χ0n) is 13.1. The first kappa shape index (κ1) is 15.8. The summed E-state index contributed by atoms with van der Waals surface area (Å²) in [6.45, 7) is 7.63. The minimum Gasteiger partial charge on any atom is -0.329 e. The second kappa shape index (κ2) is 5.67. The monoisotopic (exact) mass is 294 g/mol. The predicted molar refractivity (Wildman–Crippen MR) is 87.0 cm³/mol. The number of hydrogen-bond acceptors (Lipinski definition) is 2. The number of hydrogen-bond donors (Lipinski definition) is 1. The lowest BCUT2D eigenvalue weighted by atomic mass is 9.86. The maximum Gasteiger partial charge on any atom is 0.0453 e. The van der Waals surface area contributed by atoms with Crippen LogP contribution in [0.1, 0.15) is 51.6 Å². The summed E-state index contributed by atoms with van der Waals surface area (Å²) in [6.07, 6.45) is 3.56. The van der Waals surface area contributed by atoms with Crippen LogP contribution in [-0.4, -0.2) is 24.0 Å². The molecule has 2 atom stereocenters. The van der Waals surface area contributed by atoms with Gasteiger partial charge < -0.3 is 5.73 Å². The highest BCUT2D eigenvalue weighted by atomic mass is 35.5. The van der Waals surface area contributed by atoms with Crippen LogP contribution in [-0.2, 0) is 0 Å². The molecule has 1 fully saturated rings. The van der Waals surface area contributed by atoms with E-state index in [1.165, 1.54) is 18.4 Å². The van der Waals surface area contributed by atoms with Crippen molar-refractivity contribution in [3.05, 3.63) is 34.9 Å². The Bertz CT molecular complexity index is 472. The average molecular weight is 295 g/mol. The number of nitrogens with zero attached hydrogens (tertiary/aromatic N) is 1. The van der Waals surface area contributed by atoms with Crippen molar-refractivity contribution >= 4 is 11.6 Å². The maximum absolute atomic E-state index is 6.36. The fraction of sp³-hybridized carbons (Fsp3) is 0.647. The van der Waals surface area contributed by atoms with E-state index in [9.17, 15) is 0 Å². The first-order chi connectivity index (χ1) is 9.31. The summed E-state index contributed by atoms with van der Waals surface area (Å²) in [6, 6.07) is 8.40. The number of nitrogens with two attached hydrogens (primary N) is 1. The molecule has 0 aliphatic heterocycles. The molecule has 112 valence electrons. The van der Waals surface area contributed by atoms with E-state index in [4.69, 9.17) is 17.3 Å². The number of likely N-dealkylation sites (N-methyl/N-ethyl adjacent to an activating group) is 1. The summed E-state index contributed by atoms with van der Waals surface area (Å²) >= 11 is 6.36. The fourth-order valence-corrected chi connectivity index (χ4v) is 3.98. The van der Waals surface area contributed by atoms with Gasteiger partial charge in [0.15, 0.2) is 0 Å². The van der Waals surface area contributed by atoms with E-state index < -0.39 is 0 Å². The SMILES string of the molecule is CC(c1ccccc1Cl)N(C)C1(CN)CCC(C)(C)C1. The molecular formula is C17H27ClN2. The van der Waals surface area contributed by atoms with Crippen molar-refractivity contribution in [1.82, 2.24) is 4.90 Å². The molecule has 0 amide bonds. The Hall–Kier alpha value is -0.570. The highest BCUT2D eigenvalue weighted by molar-refractivity contribution is 6.31. The lowest BCUT2D eigenvalue weighted by Crippen LogP contribution is -2.51. The molecule has 0 bridgehead atoms. The van der Waals surface area contributed by atoms with Crippen LogP contribution in [0.4, 0.5) is 0 Å². The van der Waals surface area contributed by atoms with Crippen molar-refractivity contribution in [2.24, 2.45) is 11.1 Å². The van der Waals surface area contributed by atoms with Gasteiger partial charge in [0.2, 0.25) is 0 Å². The first-order valence-corrected chi connectivity index (χ1v) is 7.87. The lowest BCUT2D eigenvalue weighted by molar-refractivity contribution is 0.0797. The molecule has 3 heteroatoms. The summed E-state index contributed by atoms with van der Waals surface area (Å²) in [5, 5.41) is 0.844. The van der Waals surface area contributed by atoms with Gasteiger partial charge in [-0.05, 0) is 50.3 Å². The Balaban J connectivity index is 2.26. The van der Waals surface area contributed by atoms with E-state index in [0.29, 0.717) is 12.0 Å². The molecule has 0 radical (unpaired) electrons. The van der Waals surface area contributed by atoms with Gasteiger partial charge in [0.05, 0.1) is 0 Å². The minimum atomic E-state index is 0.0993. The molecule has 1 aromatic rings. The number of halogens is 1. The quantitative estimate of drug-likeness (QED) is 0.900. The molecule has 2 nitrogen and oxygen atoms in total. The standard InChI is InChI=1S/C17H27ClN2/c1-13(14-7-5-6-8-15(14)18)20(4)17(12-19)10-9-16(2,3)11-17/h5-8,13H,9-12,19H2,1-4H3. The lowest BCUT2D eigenvalue weighted by Gasteiger charge is -2.43. The number of benzene rings is 1. The topological polar surface area (TPSA) is 29.3 Å². The van der Waals surface area contributed by atoms with Gasteiger partial charge >= 0.3 is 0 Å². The molecule has 2 rings (SSSR count).